The Kier molecular flexibility index (Phi) is 3.00. The Labute approximate surface area is 44.4 Å². The standard InChI is InChI=1S/C4H7FO.BH3/c5-4-2-1-3-6-4;/h4H,1-3H2;1H3. The summed E-state index contributed by atoms with van der Waals surface area (Å²) in [6, 6.07) is 0. The fourth-order valence-corrected chi connectivity index (χ4v) is 0.538. The van der Waals surface area contributed by atoms with Crippen molar-refractivity contribution in [3.63, 3.8) is 0 Å². The summed E-state index contributed by atoms with van der Waals surface area (Å²) in [6.45, 7) is 0.612. The summed E-state index contributed by atoms with van der Waals surface area (Å²) in [5, 5.41) is 0. The van der Waals surface area contributed by atoms with Gasteiger partial charge in [0, 0.05) is 6.42 Å². The van der Waals surface area contributed by atoms with Crippen LogP contribution >= 0.6 is 0 Å². The van der Waals surface area contributed by atoms with Gasteiger partial charge in [-0.2, -0.15) is 0 Å². The van der Waals surface area contributed by atoms with E-state index in [1.54, 1.807) is 0 Å². The van der Waals surface area contributed by atoms with Crippen molar-refractivity contribution in [2.24, 2.45) is 0 Å². The summed E-state index contributed by atoms with van der Waals surface area (Å²) < 4.78 is 16.2. The molecule has 0 N–H and O–H groups in total. The largest absolute Gasteiger partial charge is 0.348 e. The molecule has 0 saturated carbocycles. The number of hydrogen-bond acceptors (Lipinski definition) is 1. The van der Waals surface area contributed by atoms with Crippen LogP contribution in [-0.2, 0) is 4.74 Å². The number of rotatable bonds is 0. The molecule has 1 unspecified atom stereocenters. The highest BCUT2D eigenvalue weighted by molar-refractivity contribution is 5.75. The molecule has 1 atom stereocenters. The predicted octanol–water partition coefficient (Wildman–Crippen LogP) is -0.0915. The van der Waals surface area contributed by atoms with Gasteiger partial charge in [0.1, 0.15) is 0 Å². The van der Waals surface area contributed by atoms with Gasteiger partial charge in [-0.25, -0.2) is 4.39 Å². The lowest BCUT2D eigenvalue weighted by molar-refractivity contribution is 0.00946. The van der Waals surface area contributed by atoms with Gasteiger partial charge in [0.05, 0.1) is 15.0 Å². The third-order valence-corrected chi connectivity index (χ3v) is 0.874. The van der Waals surface area contributed by atoms with E-state index in [9.17, 15) is 4.39 Å². The number of alkyl halides is 1. The van der Waals surface area contributed by atoms with E-state index in [-0.39, 0.29) is 8.41 Å². The summed E-state index contributed by atoms with van der Waals surface area (Å²) in [4.78, 5) is 0. The molecule has 1 aliphatic heterocycles. The Morgan fingerprint density at radius 1 is 1.57 bits per heavy atom. The van der Waals surface area contributed by atoms with Gasteiger partial charge in [-0.1, -0.05) is 0 Å². The molecule has 0 radical (unpaired) electrons. The van der Waals surface area contributed by atoms with E-state index in [4.69, 9.17) is 0 Å². The van der Waals surface area contributed by atoms with Crippen LogP contribution < -0.4 is 0 Å². The van der Waals surface area contributed by atoms with E-state index in [2.05, 4.69) is 4.74 Å². The topological polar surface area (TPSA) is 9.23 Å². The smallest absolute Gasteiger partial charge is 0.198 e. The summed E-state index contributed by atoms with van der Waals surface area (Å²) in [5.74, 6) is 0. The molecule has 1 aliphatic rings. The number of ether oxygens (including phenoxy) is 1. The average Bonchev–Trinajstić information content (AvgIpc) is 1.86. The molecule has 7 heavy (non-hydrogen) atoms. The van der Waals surface area contributed by atoms with Crippen molar-refractivity contribution in [1.29, 1.82) is 0 Å². The fourth-order valence-electron chi connectivity index (χ4n) is 0.538. The van der Waals surface area contributed by atoms with Gasteiger partial charge in [-0.15, -0.1) is 0 Å². The second kappa shape index (κ2) is 3.02. The minimum absolute atomic E-state index is 0. The van der Waals surface area contributed by atoms with Crippen LogP contribution in [-0.4, -0.2) is 21.4 Å². The summed E-state index contributed by atoms with van der Waals surface area (Å²) in [7, 11) is 0. The lowest BCUT2D eigenvalue weighted by Gasteiger charge is -1.89. The normalized spacial score (nSPS) is 29.6. The SMILES string of the molecule is B.FC1CCCO1. The van der Waals surface area contributed by atoms with Crippen molar-refractivity contribution in [1.82, 2.24) is 0 Å². The van der Waals surface area contributed by atoms with Gasteiger partial charge >= 0.3 is 0 Å². The second-order valence-electron chi connectivity index (χ2n) is 1.42. The maximum atomic E-state index is 11.7. The van der Waals surface area contributed by atoms with E-state index < -0.39 is 6.36 Å². The lowest BCUT2D eigenvalue weighted by atomic mass is 10.4. The Hall–Kier alpha value is -0.0451. The van der Waals surface area contributed by atoms with E-state index >= 15 is 0 Å². The van der Waals surface area contributed by atoms with Crippen molar-refractivity contribution in [3.05, 3.63) is 0 Å². The fraction of sp³-hybridized carbons (Fsp3) is 1.00. The molecule has 3 heteroatoms. The van der Waals surface area contributed by atoms with Crippen LogP contribution in [0.2, 0.25) is 0 Å². The molecule has 0 bridgehead atoms. The predicted molar refractivity (Wildman–Crippen MR) is 30.0 cm³/mol. The minimum atomic E-state index is -0.954. The van der Waals surface area contributed by atoms with Gasteiger partial charge in [-0.3, -0.25) is 0 Å². The van der Waals surface area contributed by atoms with Crippen molar-refractivity contribution in [2.45, 2.75) is 19.2 Å². The minimum Gasteiger partial charge on any atom is -0.348 e. The van der Waals surface area contributed by atoms with Crippen LogP contribution in [0.25, 0.3) is 0 Å². The molecular formula is C4H10BFO. The van der Waals surface area contributed by atoms with Gasteiger partial charge in [0.15, 0.2) is 6.36 Å². The van der Waals surface area contributed by atoms with Crippen LogP contribution in [0.5, 0.6) is 0 Å². The van der Waals surface area contributed by atoms with E-state index in [0.717, 1.165) is 6.42 Å². The van der Waals surface area contributed by atoms with Crippen LogP contribution in [0.3, 0.4) is 0 Å². The quantitative estimate of drug-likeness (QED) is 0.390. The van der Waals surface area contributed by atoms with E-state index in [1.165, 1.54) is 0 Å². The third kappa shape index (κ3) is 1.93. The molecule has 42 valence electrons. The molecule has 0 amide bonds. The molecule has 1 fully saturated rings. The van der Waals surface area contributed by atoms with Gasteiger partial charge in [-0.05, 0) is 6.42 Å². The lowest BCUT2D eigenvalue weighted by Crippen LogP contribution is -1.91. The molecule has 0 aliphatic carbocycles. The second-order valence-corrected chi connectivity index (χ2v) is 1.42. The Morgan fingerprint density at radius 2 is 2.29 bits per heavy atom. The van der Waals surface area contributed by atoms with Crippen LogP contribution in [0.15, 0.2) is 0 Å². The first kappa shape index (κ1) is 6.95. The van der Waals surface area contributed by atoms with Crippen LogP contribution in [0.1, 0.15) is 12.8 Å². The maximum Gasteiger partial charge on any atom is 0.198 e. The summed E-state index contributed by atoms with van der Waals surface area (Å²) in [5.41, 5.74) is 0. The van der Waals surface area contributed by atoms with E-state index in [1.807, 2.05) is 0 Å². The molecule has 1 heterocycles. The Bertz CT molecular complexity index is 45.0. The van der Waals surface area contributed by atoms with E-state index in [0.29, 0.717) is 13.0 Å². The van der Waals surface area contributed by atoms with Crippen molar-refractivity contribution in [3.8, 4) is 0 Å². The molecule has 1 nitrogen and oxygen atoms in total. The monoisotopic (exact) mass is 104 g/mol. The van der Waals surface area contributed by atoms with Crippen LogP contribution in [0.4, 0.5) is 4.39 Å². The Morgan fingerprint density at radius 3 is 2.43 bits per heavy atom. The molecule has 1 rings (SSSR count). The molecule has 1 saturated heterocycles. The first-order valence-corrected chi connectivity index (χ1v) is 2.15. The number of hydrogen-bond donors (Lipinski definition) is 0. The first-order valence-electron chi connectivity index (χ1n) is 2.15. The molecule has 0 spiro atoms. The summed E-state index contributed by atoms with van der Waals surface area (Å²) >= 11 is 0. The maximum absolute atomic E-state index is 11.7. The zero-order valence-electron chi connectivity index (χ0n) is 3.48. The first-order chi connectivity index (χ1) is 2.89. The molecule has 0 aromatic heterocycles. The van der Waals surface area contributed by atoms with Gasteiger partial charge < -0.3 is 4.74 Å². The zero-order chi connectivity index (χ0) is 4.41. The van der Waals surface area contributed by atoms with Crippen molar-refractivity contribution in [2.75, 3.05) is 6.61 Å². The number of halogens is 1. The highest BCUT2D eigenvalue weighted by Crippen LogP contribution is 2.11. The third-order valence-electron chi connectivity index (χ3n) is 0.874. The molecule has 0 aromatic carbocycles. The molecule has 0 aromatic rings. The highest BCUT2D eigenvalue weighted by Gasteiger charge is 2.11. The Balaban J connectivity index is 0.000000360. The van der Waals surface area contributed by atoms with Gasteiger partial charge in [0.2, 0.25) is 0 Å². The van der Waals surface area contributed by atoms with Crippen molar-refractivity contribution < 1.29 is 9.13 Å². The average molecular weight is 104 g/mol. The molecular weight excluding hydrogens is 93.9 g/mol. The highest BCUT2D eigenvalue weighted by atomic mass is 19.1. The van der Waals surface area contributed by atoms with Gasteiger partial charge in [0.25, 0.3) is 0 Å². The van der Waals surface area contributed by atoms with Crippen LogP contribution in [0, 0.1) is 0 Å². The van der Waals surface area contributed by atoms with Crippen molar-refractivity contribution >= 4 is 8.41 Å². The zero-order valence-corrected chi connectivity index (χ0v) is 3.48. The summed E-state index contributed by atoms with van der Waals surface area (Å²) in [6.07, 6.45) is 0.534.